The highest BCUT2D eigenvalue weighted by Crippen LogP contribution is 2.22. The van der Waals surface area contributed by atoms with Crippen LogP contribution in [0.15, 0.2) is 65.6 Å². The molecule has 0 spiro atoms. The Bertz CT molecular complexity index is 729. The van der Waals surface area contributed by atoms with Crippen molar-refractivity contribution in [1.29, 1.82) is 0 Å². The normalized spacial score (nSPS) is 17.5. The molecule has 1 aliphatic heterocycles. The van der Waals surface area contributed by atoms with Crippen LogP contribution in [0, 0.1) is 0 Å². The van der Waals surface area contributed by atoms with Crippen molar-refractivity contribution in [2.45, 2.75) is 10.9 Å². The Morgan fingerprint density at radius 2 is 1.54 bits per heavy atom. The summed E-state index contributed by atoms with van der Waals surface area (Å²) >= 11 is 0. The van der Waals surface area contributed by atoms with E-state index in [9.17, 15) is 8.42 Å². The van der Waals surface area contributed by atoms with Gasteiger partial charge >= 0.3 is 0 Å². The molecule has 0 bridgehead atoms. The lowest BCUT2D eigenvalue weighted by Crippen LogP contribution is -2.43. The van der Waals surface area contributed by atoms with Crippen LogP contribution in [0.2, 0.25) is 0 Å². The van der Waals surface area contributed by atoms with Crippen molar-refractivity contribution in [1.82, 2.24) is 9.62 Å². The van der Waals surface area contributed by atoms with E-state index in [4.69, 9.17) is 4.74 Å². The molecule has 0 aliphatic carbocycles. The van der Waals surface area contributed by atoms with E-state index in [0.717, 1.165) is 18.7 Å². The number of nitrogens with zero attached hydrogens (tertiary/aromatic N) is 1. The van der Waals surface area contributed by atoms with E-state index in [1.165, 1.54) is 0 Å². The molecule has 24 heavy (non-hydrogen) atoms. The molecular weight excluding hydrogens is 324 g/mol. The number of ether oxygens (including phenoxy) is 1. The van der Waals surface area contributed by atoms with Crippen LogP contribution in [-0.2, 0) is 14.8 Å². The van der Waals surface area contributed by atoms with Gasteiger partial charge in [0.25, 0.3) is 0 Å². The fourth-order valence-electron chi connectivity index (χ4n) is 2.89. The van der Waals surface area contributed by atoms with Gasteiger partial charge in [-0.3, -0.25) is 4.90 Å². The summed E-state index contributed by atoms with van der Waals surface area (Å²) in [7, 11) is -3.51. The molecule has 1 aliphatic rings. The summed E-state index contributed by atoms with van der Waals surface area (Å²) in [5.41, 5.74) is 1.11. The summed E-state index contributed by atoms with van der Waals surface area (Å²) < 4.78 is 33.2. The fraction of sp³-hybridized carbons (Fsp3) is 0.333. The van der Waals surface area contributed by atoms with Gasteiger partial charge < -0.3 is 4.74 Å². The number of morpholine rings is 1. The maximum atomic E-state index is 12.5. The van der Waals surface area contributed by atoms with Crippen molar-refractivity contribution < 1.29 is 13.2 Å². The van der Waals surface area contributed by atoms with Crippen LogP contribution in [0.5, 0.6) is 0 Å². The average molecular weight is 346 g/mol. The molecule has 2 aromatic carbocycles. The van der Waals surface area contributed by atoms with Gasteiger partial charge in [0.1, 0.15) is 0 Å². The molecule has 6 heteroatoms. The highest BCUT2D eigenvalue weighted by atomic mass is 32.2. The van der Waals surface area contributed by atoms with E-state index in [2.05, 4.69) is 9.62 Å². The van der Waals surface area contributed by atoms with E-state index < -0.39 is 10.0 Å². The quantitative estimate of drug-likeness (QED) is 0.870. The predicted molar refractivity (Wildman–Crippen MR) is 93.2 cm³/mol. The minimum atomic E-state index is -3.51. The lowest BCUT2D eigenvalue weighted by molar-refractivity contribution is 0.0172. The predicted octanol–water partition coefficient (Wildman–Crippen LogP) is 2.04. The van der Waals surface area contributed by atoms with Crippen molar-refractivity contribution in [3.63, 3.8) is 0 Å². The third kappa shape index (κ3) is 4.21. The monoisotopic (exact) mass is 346 g/mol. The van der Waals surface area contributed by atoms with E-state index in [0.29, 0.717) is 24.7 Å². The standard InChI is InChI=1S/C18H22N2O3S/c21-24(22,17-9-5-2-6-10-17)19-15-18(16-7-3-1-4-8-16)20-11-13-23-14-12-20/h1-10,18-19H,11-15H2. The number of rotatable bonds is 6. The molecule has 128 valence electrons. The largest absolute Gasteiger partial charge is 0.379 e. The van der Waals surface area contributed by atoms with Gasteiger partial charge in [-0.1, -0.05) is 48.5 Å². The minimum Gasteiger partial charge on any atom is -0.379 e. The number of hydrogen-bond donors (Lipinski definition) is 1. The third-order valence-electron chi connectivity index (χ3n) is 4.19. The van der Waals surface area contributed by atoms with Gasteiger partial charge in [-0.05, 0) is 17.7 Å². The van der Waals surface area contributed by atoms with Crippen molar-refractivity contribution in [3.05, 3.63) is 66.2 Å². The summed E-state index contributed by atoms with van der Waals surface area (Å²) in [4.78, 5) is 2.56. The molecule has 5 nitrogen and oxygen atoms in total. The van der Waals surface area contributed by atoms with E-state index >= 15 is 0 Å². The van der Waals surface area contributed by atoms with Gasteiger partial charge in [-0.2, -0.15) is 0 Å². The Balaban J connectivity index is 1.77. The molecule has 1 saturated heterocycles. The molecule has 1 fully saturated rings. The summed E-state index contributed by atoms with van der Waals surface area (Å²) in [6.07, 6.45) is 0. The average Bonchev–Trinajstić information content (AvgIpc) is 2.64. The summed E-state index contributed by atoms with van der Waals surface area (Å²) in [5.74, 6) is 0. The zero-order valence-corrected chi connectivity index (χ0v) is 14.3. The highest BCUT2D eigenvalue weighted by Gasteiger charge is 2.24. The number of sulfonamides is 1. The fourth-order valence-corrected chi connectivity index (χ4v) is 3.95. The van der Waals surface area contributed by atoms with Crippen LogP contribution < -0.4 is 4.72 Å². The molecule has 0 amide bonds. The van der Waals surface area contributed by atoms with Crippen LogP contribution in [0.4, 0.5) is 0 Å². The molecule has 3 rings (SSSR count). The molecule has 1 atom stereocenters. The van der Waals surface area contributed by atoms with Crippen molar-refractivity contribution in [3.8, 4) is 0 Å². The Morgan fingerprint density at radius 3 is 2.17 bits per heavy atom. The zero-order valence-electron chi connectivity index (χ0n) is 13.5. The molecule has 1 unspecified atom stereocenters. The zero-order chi connectivity index (χ0) is 16.8. The number of benzene rings is 2. The van der Waals surface area contributed by atoms with E-state index in [-0.39, 0.29) is 6.04 Å². The van der Waals surface area contributed by atoms with Gasteiger partial charge in [-0.25, -0.2) is 13.1 Å². The van der Waals surface area contributed by atoms with E-state index in [1.54, 1.807) is 30.3 Å². The molecule has 0 radical (unpaired) electrons. The first-order valence-corrected chi connectivity index (χ1v) is 9.56. The van der Waals surface area contributed by atoms with Crippen LogP contribution in [-0.4, -0.2) is 46.2 Å². The lowest BCUT2D eigenvalue weighted by atomic mass is 10.1. The lowest BCUT2D eigenvalue weighted by Gasteiger charge is -2.34. The first-order chi connectivity index (χ1) is 11.7. The van der Waals surface area contributed by atoms with Gasteiger partial charge in [0, 0.05) is 25.7 Å². The van der Waals surface area contributed by atoms with E-state index in [1.807, 2.05) is 30.3 Å². The van der Waals surface area contributed by atoms with Gasteiger partial charge in [0.05, 0.1) is 18.1 Å². The SMILES string of the molecule is O=S(=O)(NCC(c1ccccc1)N1CCOCC1)c1ccccc1. The third-order valence-corrected chi connectivity index (χ3v) is 5.63. The Kier molecular flexibility index (Phi) is 5.63. The van der Waals surface area contributed by atoms with Crippen molar-refractivity contribution in [2.75, 3.05) is 32.8 Å². The minimum absolute atomic E-state index is 0.00594. The maximum Gasteiger partial charge on any atom is 0.240 e. The molecular formula is C18H22N2O3S. The smallest absolute Gasteiger partial charge is 0.240 e. The molecule has 1 heterocycles. The highest BCUT2D eigenvalue weighted by molar-refractivity contribution is 7.89. The molecule has 0 aromatic heterocycles. The van der Waals surface area contributed by atoms with Gasteiger partial charge in [-0.15, -0.1) is 0 Å². The maximum absolute atomic E-state index is 12.5. The Hall–Kier alpha value is -1.73. The molecule has 2 aromatic rings. The number of nitrogens with one attached hydrogen (secondary N) is 1. The summed E-state index contributed by atoms with van der Waals surface area (Å²) in [6, 6.07) is 18.5. The summed E-state index contributed by atoms with van der Waals surface area (Å²) in [5, 5.41) is 0. The van der Waals surface area contributed by atoms with Crippen LogP contribution in [0.25, 0.3) is 0 Å². The first-order valence-electron chi connectivity index (χ1n) is 8.08. The second-order valence-corrected chi connectivity index (χ2v) is 7.51. The second kappa shape index (κ2) is 7.90. The first kappa shape index (κ1) is 17.1. The second-order valence-electron chi connectivity index (χ2n) is 5.74. The van der Waals surface area contributed by atoms with Crippen LogP contribution >= 0.6 is 0 Å². The topological polar surface area (TPSA) is 58.6 Å². The number of hydrogen-bond acceptors (Lipinski definition) is 4. The van der Waals surface area contributed by atoms with Crippen LogP contribution in [0.1, 0.15) is 11.6 Å². The van der Waals surface area contributed by atoms with Gasteiger partial charge in [0.2, 0.25) is 10.0 Å². The Labute approximate surface area is 143 Å². The molecule has 1 N–H and O–H groups in total. The molecule has 0 saturated carbocycles. The van der Waals surface area contributed by atoms with Crippen molar-refractivity contribution >= 4 is 10.0 Å². The van der Waals surface area contributed by atoms with Gasteiger partial charge in [0.15, 0.2) is 0 Å². The van der Waals surface area contributed by atoms with Crippen molar-refractivity contribution in [2.24, 2.45) is 0 Å². The summed E-state index contributed by atoms with van der Waals surface area (Å²) in [6.45, 7) is 3.28. The Morgan fingerprint density at radius 1 is 0.958 bits per heavy atom. The van der Waals surface area contributed by atoms with Crippen LogP contribution in [0.3, 0.4) is 0 Å².